The van der Waals surface area contributed by atoms with Gasteiger partial charge in [-0.15, -0.1) is 0 Å². The molecule has 198 valence electrons. The van der Waals surface area contributed by atoms with Gasteiger partial charge in [0.1, 0.15) is 0 Å². The molecule has 0 amide bonds. The second kappa shape index (κ2) is 10.1. The molecule has 41 heavy (non-hydrogen) atoms. The normalized spacial score (nSPS) is 11.3. The molecule has 0 fully saturated rings. The van der Waals surface area contributed by atoms with Crippen molar-refractivity contribution in [2.24, 2.45) is 7.05 Å². The van der Waals surface area contributed by atoms with Crippen LogP contribution in [-0.2, 0) is 7.05 Å². The van der Waals surface area contributed by atoms with E-state index < -0.39 is 0 Å². The molecule has 6 aromatic carbocycles. The van der Waals surface area contributed by atoms with Crippen molar-refractivity contribution in [1.82, 2.24) is 9.13 Å². The number of hydrogen-bond acceptors (Lipinski definition) is 0. The van der Waals surface area contributed by atoms with Crippen molar-refractivity contribution in [3.8, 4) is 27.9 Å². The third kappa shape index (κ3) is 4.03. The minimum Gasteiger partial charge on any atom is -0.344 e. The average Bonchev–Trinajstić information content (AvgIpc) is 3.54. The van der Waals surface area contributed by atoms with E-state index in [-0.39, 0.29) is 0 Å². The lowest BCUT2D eigenvalue weighted by Crippen LogP contribution is -1.93. The molecule has 0 saturated heterocycles. The summed E-state index contributed by atoms with van der Waals surface area (Å²) in [6.45, 7) is 4.00. The lowest BCUT2D eigenvalue weighted by molar-refractivity contribution is 1.01. The van der Waals surface area contributed by atoms with Gasteiger partial charge in [0.05, 0.1) is 11.0 Å². The van der Waals surface area contributed by atoms with Crippen molar-refractivity contribution in [3.05, 3.63) is 140 Å². The third-order valence-electron chi connectivity index (χ3n) is 8.15. The molecule has 0 unspecified atom stereocenters. The Balaban J connectivity index is 0.00000135. The number of aryl methyl sites for hydroxylation is 1. The van der Waals surface area contributed by atoms with Crippen LogP contribution in [0.4, 0.5) is 0 Å². The first-order valence-corrected chi connectivity index (χ1v) is 14.4. The molecular formula is C39H32N2. The molecule has 0 aliphatic rings. The summed E-state index contributed by atoms with van der Waals surface area (Å²) in [6, 6.07) is 50.6. The molecule has 0 aliphatic carbocycles. The minimum atomic E-state index is 1.17. The number of aromatic nitrogens is 2. The maximum Gasteiger partial charge on any atom is 0.0541 e. The third-order valence-corrected chi connectivity index (χ3v) is 8.15. The Morgan fingerprint density at radius 2 is 0.878 bits per heavy atom. The highest BCUT2D eigenvalue weighted by molar-refractivity contribution is 6.11. The van der Waals surface area contributed by atoms with Crippen molar-refractivity contribution in [2.45, 2.75) is 13.8 Å². The summed E-state index contributed by atoms with van der Waals surface area (Å²) in [5.74, 6) is 0. The van der Waals surface area contributed by atoms with Crippen molar-refractivity contribution in [1.29, 1.82) is 0 Å². The first-order valence-electron chi connectivity index (χ1n) is 14.4. The Kier molecular flexibility index (Phi) is 6.17. The van der Waals surface area contributed by atoms with Crippen LogP contribution in [-0.4, -0.2) is 9.13 Å². The molecule has 2 aromatic heterocycles. The second-order valence-corrected chi connectivity index (χ2v) is 10.3. The summed E-state index contributed by atoms with van der Waals surface area (Å²) < 4.78 is 4.69. The first kappa shape index (κ1) is 24.9. The van der Waals surface area contributed by atoms with E-state index in [0.29, 0.717) is 0 Å². The topological polar surface area (TPSA) is 9.86 Å². The molecule has 0 atom stereocenters. The molecule has 2 heteroatoms. The van der Waals surface area contributed by atoms with E-state index in [0.717, 1.165) is 0 Å². The van der Waals surface area contributed by atoms with Crippen molar-refractivity contribution >= 4 is 43.6 Å². The highest BCUT2D eigenvalue weighted by Crippen LogP contribution is 2.37. The van der Waals surface area contributed by atoms with Crippen molar-refractivity contribution in [2.75, 3.05) is 0 Å². The Bertz CT molecular complexity index is 2160. The predicted molar refractivity (Wildman–Crippen MR) is 177 cm³/mol. The number of nitrogens with zero attached hydrogens (tertiary/aromatic N) is 2. The summed E-state index contributed by atoms with van der Waals surface area (Å²) in [5, 5.41) is 5.14. The van der Waals surface area contributed by atoms with E-state index in [1.165, 1.54) is 71.6 Å². The highest BCUT2D eigenvalue weighted by atomic mass is 15.0. The maximum absolute atomic E-state index is 2.39. The molecule has 0 spiro atoms. The van der Waals surface area contributed by atoms with Crippen molar-refractivity contribution < 1.29 is 0 Å². The van der Waals surface area contributed by atoms with Gasteiger partial charge in [0.2, 0.25) is 0 Å². The van der Waals surface area contributed by atoms with Crippen LogP contribution >= 0.6 is 0 Å². The predicted octanol–water partition coefficient (Wildman–Crippen LogP) is 10.8. The van der Waals surface area contributed by atoms with Gasteiger partial charge < -0.3 is 9.13 Å². The van der Waals surface area contributed by atoms with Gasteiger partial charge in [0.15, 0.2) is 0 Å². The van der Waals surface area contributed by atoms with Gasteiger partial charge in [0.25, 0.3) is 0 Å². The van der Waals surface area contributed by atoms with E-state index in [1.54, 1.807) is 0 Å². The van der Waals surface area contributed by atoms with E-state index in [4.69, 9.17) is 0 Å². The molecule has 2 heterocycles. The van der Waals surface area contributed by atoms with Crippen LogP contribution in [0.1, 0.15) is 13.8 Å². The average molecular weight is 529 g/mol. The van der Waals surface area contributed by atoms with Gasteiger partial charge in [-0.05, 0) is 64.7 Å². The van der Waals surface area contributed by atoms with Crippen LogP contribution in [0.25, 0.3) is 71.6 Å². The number of fused-ring (bicyclic) bond motifs is 6. The summed E-state index contributed by atoms with van der Waals surface area (Å²) in [6.07, 6.45) is 0. The maximum atomic E-state index is 2.39. The van der Waals surface area contributed by atoms with Gasteiger partial charge >= 0.3 is 0 Å². The monoisotopic (exact) mass is 528 g/mol. The Morgan fingerprint density at radius 3 is 1.63 bits per heavy atom. The molecule has 0 radical (unpaired) electrons. The largest absolute Gasteiger partial charge is 0.344 e. The number of rotatable bonds is 3. The SMILES string of the molecule is CC.Cn1c2ccccc2c2ccc(-c3ccc4c(c3)c3ccccc3n4-c3ccc(-c4ccccc4)cc3)cc21. The van der Waals surface area contributed by atoms with E-state index >= 15 is 0 Å². The fourth-order valence-electron chi connectivity index (χ4n) is 6.20. The van der Waals surface area contributed by atoms with Gasteiger partial charge in [-0.25, -0.2) is 0 Å². The van der Waals surface area contributed by atoms with Gasteiger partial charge in [-0.3, -0.25) is 0 Å². The van der Waals surface area contributed by atoms with Crippen LogP contribution < -0.4 is 0 Å². The van der Waals surface area contributed by atoms with E-state index in [9.17, 15) is 0 Å². The summed E-state index contributed by atoms with van der Waals surface area (Å²) in [5.41, 5.74) is 11.1. The van der Waals surface area contributed by atoms with Crippen molar-refractivity contribution in [3.63, 3.8) is 0 Å². The molecule has 0 bridgehead atoms. The molecule has 0 aliphatic heterocycles. The van der Waals surface area contributed by atoms with Gasteiger partial charge in [-0.2, -0.15) is 0 Å². The fourth-order valence-corrected chi connectivity index (χ4v) is 6.20. The highest BCUT2D eigenvalue weighted by Gasteiger charge is 2.14. The first-order chi connectivity index (χ1) is 20.3. The second-order valence-electron chi connectivity index (χ2n) is 10.3. The summed E-state index contributed by atoms with van der Waals surface area (Å²) in [4.78, 5) is 0. The van der Waals surface area contributed by atoms with E-state index in [2.05, 4.69) is 156 Å². The van der Waals surface area contributed by atoms with Crippen LogP contribution in [0, 0.1) is 0 Å². The number of para-hydroxylation sites is 2. The Hall–Kier alpha value is -5.08. The van der Waals surface area contributed by atoms with Gasteiger partial charge in [-0.1, -0.05) is 111 Å². The van der Waals surface area contributed by atoms with Crippen LogP contribution in [0.15, 0.2) is 140 Å². The fraction of sp³-hybridized carbons (Fsp3) is 0.0769. The van der Waals surface area contributed by atoms with E-state index in [1.807, 2.05) is 13.8 Å². The molecule has 0 N–H and O–H groups in total. The lowest BCUT2D eigenvalue weighted by atomic mass is 10.0. The smallest absolute Gasteiger partial charge is 0.0541 e. The standard InChI is InChI=1S/C37H26N2.C2H6/c1-38-34-13-7-5-11-30(34)32-21-17-28(24-37(32)38)27-18-22-36-33(23-27)31-12-6-8-14-35(31)39(36)29-19-15-26(16-20-29)25-9-3-2-4-10-25;1-2/h2-24H,1H3;1-2H3. The zero-order valence-corrected chi connectivity index (χ0v) is 23.7. The molecule has 8 rings (SSSR count). The quantitative estimate of drug-likeness (QED) is 0.216. The zero-order chi connectivity index (χ0) is 27.9. The zero-order valence-electron chi connectivity index (χ0n) is 23.7. The van der Waals surface area contributed by atoms with Crippen LogP contribution in [0.2, 0.25) is 0 Å². The number of hydrogen-bond donors (Lipinski definition) is 0. The number of benzene rings is 6. The Labute approximate surface area is 240 Å². The molecular weight excluding hydrogens is 496 g/mol. The lowest BCUT2D eigenvalue weighted by Gasteiger charge is -2.10. The summed E-state index contributed by atoms with van der Waals surface area (Å²) in [7, 11) is 2.16. The van der Waals surface area contributed by atoms with Crippen LogP contribution in [0.3, 0.4) is 0 Å². The minimum absolute atomic E-state index is 1.17. The molecule has 2 nitrogen and oxygen atoms in total. The van der Waals surface area contributed by atoms with Crippen LogP contribution in [0.5, 0.6) is 0 Å². The summed E-state index contributed by atoms with van der Waals surface area (Å²) >= 11 is 0. The van der Waals surface area contributed by atoms with Gasteiger partial charge in [0, 0.05) is 45.3 Å². The Morgan fingerprint density at radius 1 is 0.366 bits per heavy atom. The molecule has 8 aromatic rings. The molecule has 0 saturated carbocycles.